The Balaban J connectivity index is 1.54. The van der Waals surface area contributed by atoms with Gasteiger partial charge in [0.25, 0.3) is 0 Å². The molecule has 0 heterocycles. The zero-order chi connectivity index (χ0) is 23.8. The highest BCUT2D eigenvalue weighted by atomic mass is 32.2. The number of ketones is 1. The van der Waals surface area contributed by atoms with Crippen LogP contribution in [0.2, 0.25) is 0 Å². The highest BCUT2D eigenvalue weighted by Gasteiger charge is 2.16. The maximum atomic E-state index is 12.5. The Labute approximate surface area is 193 Å². The highest BCUT2D eigenvalue weighted by Crippen LogP contribution is 2.22. The van der Waals surface area contributed by atoms with Gasteiger partial charge in [-0.15, -0.1) is 0 Å². The number of carbonyl (C=O) groups is 2. The van der Waals surface area contributed by atoms with Gasteiger partial charge in [0.05, 0.1) is 17.6 Å². The number of ether oxygens (including phenoxy) is 1. The van der Waals surface area contributed by atoms with Gasteiger partial charge in [0.15, 0.2) is 5.78 Å². The van der Waals surface area contributed by atoms with Crippen LogP contribution >= 0.6 is 0 Å². The van der Waals surface area contributed by atoms with Gasteiger partial charge in [-0.05, 0) is 48.9 Å². The van der Waals surface area contributed by atoms with E-state index in [0.29, 0.717) is 17.0 Å². The summed E-state index contributed by atoms with van der Waals surface area (Å²) in [6.07, 6.45) is 0.0239. The number of aryl methyl sites for hydroxylation is 1. The first-order valence-electron chi connectivity index (χ1n) is 10.4. The summed E-state index contributed by atoms with van der Waals surface area (Å²) in [6.45, 7) is 2.06. The monoisotopic (exact) mass is 466 g/mol. The Hall–Kier alpha value is -3.49. The normalized spacial score (nSPS) is 11.1. The molecule has 1 amide bonds. The predicted octanol–water partition coefficient (Wildman–Crippen LogP) is 4.08. The van der Waals surface area contributed by atoms with Crippen molar-refractivity contribution >= 4 is 27.4 Å². The van der Waals surface area contributed by atoms with Gasteiger partial charge in [0.1, 0.15) is 5.75 Å². The van der Waals surface area contributed by atoms with E-state index in [4.69, 9.17) is 4.74 Å². The summed E-state index contributed by atoms with van der Waals surface area (Å²) in [5.41, 5.74) is 2.67. The first kappa shape index (κ1) is 24.2. The number of hydrogen-bond donors (Lipinski definition) is 2. The van der Waals surface area contributed by atoms with Gasteiger partial charge in [-0.3, -0.25) is 9.59 Å². The first-order chi connectivity index (χ1) is 15.8. The number of carbonyl (C=O) groups excluding carboxylic acids is 2. The smallest absolute Gasteiger partial charge is 0.240 e. The largest absolute Gasteiger partial charge is 0.496 e. The standard InChI is InChI=1S/C25H26N2O5S/c1-18-8-14-24(32-2)22(16-18)23(28)13-15-25(29)27-20-9-11-21(12-10-20)33(30,31)26-17-19-6-4-3-5-7-19/h3-12,14,16,26H,13,15,17H2,1-2H3,(H,27,29). The molecule has 8 heteroatoms. The topological polar surface area (TPSA) is 102 Å². The zero-order valence-corrected chi connectivity index (χ0v) is 19.3. The van der Waals surface area contributed by atoms with E-state index in [9.17, 15) is 18.0 Å². The molecule has 3 rings (SSSR count). The quantitative estimate of drug-likeness (QED) is 0.439. The lowest BCUT2D eigenvalue weighted by Gasteiger charge is -2.10. The van der Waals surface area contributed by atoms with Crippen molar-refractivity contribution in [2.45, 2.75) is 31.2 Å². The summed E-state index contributed by atoms with van der Waals surface area (Å²) in [7, 11) is -2.19. The Bertz CT molecular complexity index is 1220. The van der Waals surface area contributed by atoms with E-state index in [-0.39, 0.29) is 36.0 Å². The van der Waals surface area contributed by atoms with E-state index in [0.717, 1.165) is 11.1 Å². The summed E-state index contributed by atoms with van der Waals surface area (Å²) in [4.78, 5) is 24.9. The summed E-state index contributed by atoms with van der Waals surface area (Å²) < 4.78 is 32.7. The minimum Gasteiger partial charge on any atom is -0.496 e. The number of amides is 1. The fraction of sp³-hybridized carbons (Fsp3) is 0.200. The molecule has 0 fully saturated rings. The van der Waals surface area contributed by atoms with Crippen molar-refractivity contribution in [2.75, 3.05) is 12.4 Å². The molecule has 0 spiro atoms. The molecule has 0 saturated carbocycles. The molecule has 0 radical (unpaired) electrons. The van der Waals surface area contributed by atoms with E-state index in [1.165, 1.54) is 31.4 Å². The van der Waals surface area contributed by atoms with Crippen LogP contribution in [-0.2, 0) is 21.4 Å². The Morgan fingerprint density at radius 2 is 1.61 bits per heavy atom. The van der Waals surface area contributed by atoms with Gasteiger partial charge in [0, 0.05) is 25.1 Å². The van der Waals surface area contributed by atoms with E-state index < -0.39 is 10.0 Å². The predicted molar refractivity (Wildman–Crippen MR) is 127 cm³/mol. The molecule has 0 aliphatic rings. The first-order valence-corrected chi connectivity index (χ1v) is 11.9. The van der Waals surface area contributed by atoms with Gasteiger partial charge in [-0.25, -0.2) is 13.1 Å². The van der Waals surface area contributed by atoms with Crippen molar-refractivity contribution in [3.63, 3.8) is 0 Å². The molecular weight excluding hydrogens is 440 g/mol. The number of methoxy groups -OCH3 is 1. The second-order valence-electron chi connectivity index (χ2n) is 7.51. The molecule has 0 aromatic heterocycles. The number of benzene rings is 3. The fourth-order valence-corrected chi connectivity index (χ4v) is 4.22. The van der Waals surface area contributed by atoms with Crippen LogP contribution in [0.3, 0.4) is 0 Å². The van der Waals surface area contributed by atoms with Gasteiger partial charge in [0.2, 0.25) is 15.9 Å². The fourth-order valence-electron chi connectivity index (χ4n) is 3.20. The van der Waals surface area contributed by atoms with E-state index >= 15 is 0 Å². The number of Topliss-reactive ketones (excluding diaryl/α,β-unsaturated/α-hetero) is 1. The molecule has 0 aliphatic heterocycles. The summed E-state index contributed by atoms with van der Waals surface area (Å²) in [6, 6.07) is 20.4. The van der Waals surface area contributed by atoms with E-state index in [1.54, 1.807) is 12.1 Å². The van der Waals surface area contributed by atoms with Crippen molar-refractivity contribution in [1.29, 1.82) is 0 Å². The lowest BCUT2D eigenvalue weighted by Crippen LogP contribution is -2.23. The number of rotatable bonds is 10. The average Bonchev–Trinajstić information content (AvgIpc) is 2.82. The third-order valence-electron chi connectivity index (χ3n) is 4.99. The molecule has 0 unspecified atom stereocenters. The molecule has 0 saturated heterocycles. The van der Waals surface area contributed by atoms with Gasteiger partial charge in [-0.1, -0.05) is 42.0 Å². The number of nitrogens with one attached hydrogen (secondary N) is 2. The molecule has 7 nitrogen and oxygen atoms in total. The van der Waals surface area contributed by atoms with Gasteiger partial charge >= 0.3 is 0 Å². The summed E-state index contributed by atoms with van der Waals surface area (Å²) in [5.74, 6) is -0.0481. The van der Waals surface area contributed by atoms with Crippen LogP contribution in [0.4, 0.5) is 5.69 Å². The van der Waals surface area contributed by atoms with Crippen LogP contribution in [-0.4, -0.2) is 27.2 Å². The average molecular weight is 467 g/mol. The van der Waals surface area contributed by atoms with Crippen molar-refractivity contribution in [3.05, 3.63) is 89.5 Å². The molecule has 3 aromatic carbocycles. The summed E-state index contributed by atoms with van der Waals surface area (Å²) in [5, 5.41) is 2.69. The molecular formula is C25H26N2O5S. The SMILES string of the molecule is COc1ccc(C)cc1C(=O)CCC(=O)Nc1ccc(S(=O)(=O)NCc2ccccc2)cc1. The third-order valence-corrected chi connectivity index (χ3v) is 6.41. The molecule has 33 heavy (non-hydrogen) atoms. The van der Waals surface area contributed by atoms with Crippen molar-refractivity contribution in [2.24, 2.45) is 0 Å². The van der Waals surface area contributed by atoms with Crippen molar-refractivity contribution in [1.82, 2.24) is 4.72 Å². The number of anilines is 1. The van der Waals surface area contributed by atoms with Crippen LogP contribution in [0.1, 0.15) is 34.3 Å². The summed E-state index contributed by atoms with van der Waals surface area (Å²) >= 11 is 0. The van der Waals surface area contributed by atoms with Crippen LogP contribution in [0.5, 0.6) is 5.75 Å². The van der Waals surface area contributed by atoms with Crippen LogP contribution in [0.15, 0.2) is 77.7 Å². The Morgan fingerprint density at radius 1 is 0.909 bits per heavy atom. The maximum Gasteiger partial charge on any atom is 0.240 e. The second kappa shape index (κ2) is 10.9. The molecule has 2 N–H and O–H groups in total. The Kier molecular flexibility index (Phi) is 7.97. The second-order valence-corrected chi connectivity index (χ2v) is 9.28. The van der Waals surface area contributed by atoms with E-state index in [1.807, 2.05) is 43.3 Å². The van der Waals surface area contributed by atoms with Crippen LogP contribution in [0.25, 0.3) is 0 Å². The van der Waals surface area contributed by atoms with Crippen LogP contribution in [0, 0.1) is 6.92 Å². The number of hydrogen-bond acceptors (Lipinski definition) is 5. The van der Waals surface area contributed by atoms with Gasteiger partial charge < -0.3 is 10.1 Å². The van der Waals surface area contributed by atoms with Crippen LogP contribution < -0.4 is 14.8 Å². The molecule has 3 aromatic rings. The lowest BCUT2D eigenvalue weighted by atomic mass is 10.0. The zero-order valence-electron chi connectivity index (χ0n) is 18.5. The highest BCUT2D eigenvalue weighted by molar-refractivity contribution is 7.89. The van der Waals surface area contributed by atoms with Gasteiger partial charge in [-0.2, -0.15) is 0 Å². The van der Waals surface area contributed by atoms with Crippen molar-refractivity contribution in [3.8, 4) is 5.75 Å². The Morgan fingerprint density at radius 3 is 2.27 bits per heavy atom. The lowest BCUT2D eigenvalue weighted by molar-refractivity contribution is -0.116. The maximum absolute atomic E-state index is 12.5. The van der Waals surface area contributed by atoms with E-state index in [2.05, 4.69) is 10.0 Å². The molecule has 0 bridgehead atoms. The minimum atomic E-state index is -3.69. The third kappa shape index (κ3) is 6.74. The molecule has 0 aliphatic carbocycles. The molecule has 0 atom stereocenters. The minimum absolute atomic E-state index is 0.00535. The molecule has 172 valence electrons. The number of sulfonamides is 1. The van der Waals surface area contributed by atoms with Crippen molar-refractivity contribution < 1.29 is 22.7 Å².